The topological polar surface area (TPSA) is 98.3 Å². The van der Waals surface area contributed by atoms with E-state index >= 15 is 0 Å². The molecule has 0 aliphatic carbocycles. The molecule has 0 saturated heterocycles. The molecular formula is C8H11N3O4. The van der Waals surface area contributed by atoms with E-state index in [0.717, 1.165) is 0 Å². The normalized spacial score (nSPS) is 10.1. The summed E-state index contributed by atoms with van der Waals surface area (Å²) in [5, 5.41) is 18.7. The van der Waals surface area contributed by atoms with Crippen LogP contribution in [0.5, 0.6) is 0 Å². The number of aromatic nitrogens is 2. The molecule has 0 radical (unpaired) electrons. The molecule has 1 aromatic heterocycles. The molecule has 1 rings (SSSR count). The van der Waals surface area contributed by atoms with Crippen molar-refractivity contribution in [3.63, 3.8) is 0 Å². The van der Waals surface area contributed by atoms with Crippen molar-refractivity contribution in [2.75, 3.05) is 0 Å². The van der Waals surface area contributed by atoms with Crippen molar-refractivity contribution in [1.29, 1.82) is 0 Å². The maximum absolute atomic E-state index is 10.3. The van der Waals surface area contributed by atoms with E-state index in [1.165, 1.54) is 12.5 Å². The van der Waals surface area contributed by atoms with E-state index in [2.05, 4.69) is 4.98 Å². The lowest BCUT2D eigenvalue weighted by molar-refractivity contribution is -0.389. The first kappa shape index (κ1) is 11.2. The van der Waals surface area contributed by atoms with Crippen molar-refractivity contribution in [3.8, 4) is 0 Å². The highest BCUT2D eigenvalue weighted by atomic mass is 16.6. The van der Waals surface area contributed by atoms with Crippen LogP contribution in [0.1, 0.15) is 19.3 Å². The molecule has 0 unspecified atom stereocenters. The van der Waals surface area contributed by atoms with Gasteiger partial charge in [-0.25, -0.2) is 0 Å². The van der Waals surface area contributed by atoms with E-state index in [1.807, 2.05) is 0 Å². The van der Waals surface area contributed by atoms with Gasteiger partial charge in [-0.3, -0.25) is 4.79 Å². The third-order valence-electron chi connectivity index (χ3n) is 1.86. The average molecular weight is 213 g/mol. The molecule has 0 aliphatic rings. The smallest absolute Gasteiger partial charge is 0.381 e. The number of carboxylic acid groups (broad SMARTS) is 1. The fourth-order valence-corrected chi connectivity index (χ4v) is 1.14. The minimum absolute atomic E-state index is 0.122. The molecule has 0 aliphatic heterocycles. The second kappa shape index (κ2) is 5.08. The van der Waals surface area contributed by atoms with Gasteiger partial charge >= 0.3 is 11.8 Å². The van der Waals surface area contributed by atoms with Gasteiger partial charge in [0.2, 0.25) is 6.33 Å². The first-order valence-electron chi connectivity index (χ1n) is 4.47. The zero-order chi connectivity index (χ0) is 11.3. The maximum Gasteiger partial charge on any atom is 0.381 e. The van der Waals surface area contributed by atoms with Crippen LogP contribution in [-0.4, -0.2) is 25.6 Å². The number of aryl methyl sites for hydroxylation is 1. The number of unbranched alkanes of at least 4 members (excludes halogenated alkanes) is 1. The molecule has 1 heterocycles. The summed E-state index contributed by atoms with van der Waals surface area (Å²) < 4.78 is 1.58. The van der Waals surface area contributed by atoms with Crippen LogP contribution in [0.25, 0.3) is 0 Å². The molecule has 0 spiro atoms. The fraction of sp³-hybridized carbons (Fsp3) is 0.500. The molecule has 0 fully saturated rings. The van der Waals surface area contributed by atoms with Gasteiger partial charge in [0.1, 0.15) is 6.20 Å². The summed E-state index contributed by atoms with van der Waals surface area (Å²) in [6, 6.07) is 0. The number of carboxylic acids is 1. The second-order valence-corrected chi connectivity index (χ2v) is 3.08. The van der Waals surface area contributed by atoms with Crippen molar-refractivity contribution in [2.24, 2.45) is 0 Å². The number of rotatable bonds is 6. The fourth-order valence-electron chi connectivity index (χ4n) is 1.14. The molecule has 0 amide bonds. The van der Waals surface area contributed by atoms with Gasteiger partial charge in [0.15, 0.2) is 0 Å². The summed E-state index contributed by atoms with van der Waals surface area (Å²) in [6.07, 6.45) is 4.05. The molecule has 15 heavy (non-hydrogen) atoms. The van der Waals surface area contributed by atoms with E-state index in [4.69, 9.17) is 5.11 Å². The van der Waals surface area contributed by atoms with Crippen LogP contribution in [0.3, 0.4) is 0 Å². The summed E-state index contributed by atoms with van der Waals surface area (Å²) in [4.78, 5) is 23.5. The largest absolute Gasteiger partial charge is 0.481 e. The van der Waals surface area contributed by atoms with Crippen molar-refractivity contribution in [1.82, 2.24) is 9.55 Å². The van der Waals surface area contributed by atoms with Gasteiger partial charge in [-0.15, -0.1) is 0 Å². The minimum atomic E-state index is -0.827. The first-order chi connectivity index (χ1) is 7.09. The standard InChI is InChI=1S/C8H11N3O4/c12-8(13)3-1-2-4-10-5-7(9-6-10)11(14)15/h5-6H,1-4H2,(H,12,13). The Kier molecular flexibility index (Phi) is 3.78. The molecule has 0 bridgehead atoms. The maximum atomic E-state index is 10.3. The van der Waals surface area contributed by atoms with Crippen LogP contribution in [0.2, 0.25) is 0 Å². The number of carbonyl (C=O) groups is 1. The zero-order valence-corrected chi connectivity index (χ0v) is 8.00. The van der Waals surface area contributed by atoms with Crippen molar-refractivity contribution < 1.29 is 14.8 Å². The zero-order valence-electron chi connectivity index (χ0n) is 8.00. The highest BCUT2D eigenvalue weighted by molar-refractivity contribution is 5.66. The van der Waals surface area contributed by atoms with Crippen LogP contribution in [0, 0.1) is 10.1 Å². The lowest BCUT2D eigenvalue weighted by Crippen LogP contribution is -1.98. The highest BCUT2D eigenvalue weighted by Gasteiger charge is 2.08. The van der Waals surface area contributed by atoms with Gasteiger partial charge in [-0.05, 0) is 22.7 Å². The molecule has 0 atom stereocenters. The predicted molar refractivity (Wildman–Crippen MR) is 50.4 cm³/mol. The van der Waals surface area contributed by atoms with E-state index < -0.39 is 10.9 Å². The van der Waals surface area contributed by atoms with E-state index in [9.17, 15) is 14.9 Å². The van der Waals surface area contributed by atoms with Crippen LogP contribution >= 0.6 is 0 Å². The van der Waals surface area contributed by atoms with Gasteiger partial charge in [0, 0.05) is 13.0 Å². The van der Waals surface area contributed by atoms with E-state index in [-0.39, 0.29) is 12.2 Å². The van der Waals surface area contributed by atoms with E-state index in [1.54, 1.807) is 4.57 Å². The Morgan fingerprint density at radius 3 is 2.87 bits per heavy atom. The van der Waals surface area contributed by atoms with Gasteiger partial charge in [-0.1, -0.05) is 0 Å². The summed E-state index contributed by atoms with van der Waals surface area (Å²) in [5.74, 6) is -1.01. The van der Waals surface area contributed by atoms with Gasteiger partial charge in [0.05, 0.1) is 0 Å². The Labute approximate surface area is 85.5 Å². The molecule has 82 valence electrons. The van der Waals surface area contributed by atoms with Crippen molar-refractivity contribution in [2.45, 2.75) is 25.8 Å². The van der Waals surface area contributed by atoms with Crippen LogP contribution < -0.4 is 0 Å². The van der Waals surface area contributed by atoms with Crippen LogP contribution in [-0.2, 0) is 11.3 Å². The number of nitro groups is 1. The molecule has 7 heteroatoms. The van der Waals surface area contributed by atoms with Gasteiger partial charge in [-0.2, -0.15) is 0 Å². The van der Waals surface area contributed by atoms with Crippen molar-refractivity contribution in [3.05, 3.63) is 22.6 Å². The Bertz CT molecular complexity index is 361. The second-order valence-electron chi connectivity index (χ2n) is 3.08. The molecule has 7 nitrogen and oxygen atoms in total. The average Bonchev–Trinajstić information content (AvgIpc) is 2.60. The summed E-state index contributed by atoms with van der Waals surface area (Å²) in [6.45, 7) is 0.550. The highest BCUT2D eigenvalue weighted by Crippen LogP contribution is 2.07. The molecule has 1 N–H and O–H groups in total. The van der Waals surface area contributed by atoms with Crippen LogP contribution in [0.4, 0.5) is 5.82 Å². The monoisotopic (exact) mass is 213 g/mol. The van der Waals surface area contributed by atoms with Crippen molar-refractivity contribution >= 4 is 11.8 Å². The predicted octanol–water partition coefficient (Wildman–Crippen LogP) is 1.05. The molecular weight excluding hydrogens is 202 g/mol. The van der Waals surface area contributed by atoms with Gasteiger partial charge in [0.25, 0.3) is 0 Å². The Morgan fingerprint density at radius 1 is 1.60 bits per heavy atom. The number of nitrogens with zero attached hydrogens (tertiary/aromatic N) is 3. The third-order valence-corrected chi connectivity index (χ3v) is 1.86. The molecule has 0 aromatic carbocycles. The minimum Gasteiger partial charge on any atom is -0.481 e. The lowest BCUT2D eigenvalue weighted by atomic mass is 10.2. The lowest BCUT2D eigenvalue weighted by Gasteiger charge is -1.97. The van der Waals surface area contributed by atoms with E-state index in [0.29, 0.717) is 19.4 Å². The summed E-state index contributed by atoms with van der Waals surface area (Å²) in [7, 11) is 0. The van der Waals surface area contributed by atoms with Gasteiger partial charge < -0.3 is 19.8 Å². The summed E-state index contributed by atoms with van der Waals surface area (Å²) >= 11 is 0. The number of hydrogen-bond acceptors (Lipinski definition) is 4. The first-order valence-corrected chi connectivity index (χ1v) is 4.47. The SMILES string of the molecule is O=C(O)CCCCn1cnc([N+](=O)[O-])c1. The Balaban J connectivity index is 2.31. The number of aliphatic carboxylic acids is 1. The third kappa shape index (κ3) is 3.75. The quantitative estimate of drug-likeness (QED) is 0.432. The Hall–Kier alpha value is -1.92. The van der Waals surface area contributed by atoms with Crippen LogP contribution in [0.15, 0.2) is 12.5 Å². The molecule has 1 aromatic rings. The Morgan fingerprint density at radius 2 is 2.33 bits per heavy atom. The number of hydrogen-bond donors (Lipinski definition) is 1. The number of imidazole rings is 1. The summed E-state index contributed by atoms with van der Waals surface area (Å²) in [5.41, 5.74) is 0. The molecule has 0 saturated carbocycles.